The molecule has 0 heterocycles. The van der Waals surface area contributed by atoms with Crippen molar-refractivity contribution in [2.75, 3.05) is 12.8 Å². The van der Waals surface area contributed by atoms with Crippen LogP contribution in [0, 0.1) is 0 Å². The molecule has 0 rings (SSSR count). The van der Waals surface area contributed by atoms with Gasteiger partial charge in [0.05, 0.1) is 6.10 Å². The van der Waals surface area contributed by atoms with Gasteiger partial charge in [0.15, 0.2) is 0 Å². The van der Waals surface area contributed by atoms with E-state index in [0.717, 1.165) is 11.3 Å². The molecule has 2 unspecified atom stereocenters. The van der Waals surface area contributed by atoms with Gasteiger partial charge in [-0.05, 0) is 19.5 Å². The molecule has 2 atom stereocenters. The SMILES string of the molecule is C=C/C=C(\C=C)SCC(O)C(CC)NC. The molecule has 15 heavy (non-hydrogen) atoms. The smallest absolute Gasteiger partial charge is 0.0786 e. The summed E-state index contributed by atoms with van der Waals surface area (Å²) < 4.78 is 0. The summed E-state index contributed by atoms with van der Waals surface area (Å²) in [6, 6.07) is 0.160. The fraction of sp³-hybridized carbons (Fsp3) is 0.500. The molecule has 0 amide bonds. The second-order valence-electron chi connectivity index (χ2n) is 3.19. The highest BCUT2D eigenvalue weighted by Gasteiger charge is 2.15. The van der Waals surface area contributed by atoms with Crippen LogP contribution in [-0.2, 0) is 0 Å². The Morgan fingerprint density at radius 1 is 1.53 bits per heavy atom. The van der Waals surface area contributed by atoms with Gasteiger partial charge in [-0.2, -0.15) is 0 Å². The van der Waals surface area contributed by atoms with Crippen molar-refractivity contribution in [2.45, 2.75) is 25.5 Å². The topological polar surface area (TPSA) is 32.3 Å². The first-order chi connectivity index (χ1) is 7.19. The van der Waals surface area contributed by atoms with Gasteiger partial charge in [-0.25, -0.2) is 0 Å². The number of rotatable bonds is 8. The van der Waals surface area contributed by atoms with Gasteiger partial charge in [-0.3, -0.25) is 0 Å². The van der Waals surface area contributed by atoms with Crippen molar-refractivity contribution >= 4 is 11.8 Å². The Kier molecular flexibility index (Phi) is 8.47. The standard InChI is InChI=1S/C12H21NOS/c1-5-8-10(6-2)15-9-12(14)11(7-3)13-4/h5-6,8,11-14H,1-2,7,9H2,3-4H3/b10-8+. The zero-order chi connectivity index (χ0) is 11.7. The van der Waals surface area contributed by atoms with E-state index >= 15 is 0 Å². The Labute approximate surface area is 97.2 Å². The molecule has 86 valence electrons. The van der Waals surface area contributed by atoms with Crippen LogP contribution in [0.1, 0.15) is 13.3 Å². The number of hydrogen-bond donors (Lipinski definition) is 2. The Morgan fingerprint density at radius 2 is 2.20 bits per heavy atom. The van der Waals surface area contributed by atoms with Gasteiger partial charge in [0, 0.05) is 16.7 Å². The molecule has 0 aliphatic rings. The van der Waals surface area contributed by atoms with Gasteiger partial charge in [0.25, 0.3) is 0 Å². The van der Waals surface area contributed by atoms with Gasteiger partial charge < -0.3 is 10.4 Å². The maximum absolute atomic E-state index is 9.85. The Balaban J connectivity index is 4.07. The third-order valence-electron chi connectivity index (χ3n) is 2.18. The molecule has 0 bridgehead atoms. The van der Waals surface area contributed by atoms with Crippen LogP contribution >= 0.6 is 11.8 Å². The van der Waals surface area contributed by atoms with Gasteiger partial charge in [-0.1, -0.05) is 32.2 Å². The lowest BCUT2D eigenvalue weighted by Gasteiger charge is -2.20. The average molecular weight is 227 g/mol. The van der Waals surface area contributed by atoms with E-state index in [9.17, 15) is 5.11 Å². The fourth-order valence-electron chi connectivity index (χ4n) is 1.26. The van der Waals surface area contributed by atoms with Crippen molar-refractivity contribution in [2.24, 2.45) is 0 Å². The lowest BCUT2D eigenvalue weighted by Crippen LogP contribution is -2.38. The molecule has 0 aromatic heterocycles. The lowest BCUT2D eigenvalue weighted by atomic mass is 10.1. The van der Waals surface area contributed by atoms with Gasteiger partial charge in [0.2, 0.25) is 0 Å². The number of aliphatic hydroxyl groups is 1. The summed E-state index contributed by atoms with van der Waals surface area (Å²) in [6.07, 6.45) is 5.99. The highest BCUT2D eigenvalue weighted by atomic mass is 32.2. The zero-order valence-electron chi connectivity index (χ0n) is 9.57. The van der Waals surface area contributed by atoms with E-state index in [-0.39, 0.29) is 12.1 Å². The minimum absolute atomic E-state index is 0.160. The number of thioether (sulfide) groups is 1. The maximum Gasteiger partial charge on any atom is 0.0786 e. The van der Waals surface area contributed by atoms with Crippen LogP contribution in [0.2, 0.25) is 0 Å². The van der Waals surface area contributed by atoms with Crippen LogP contribution in [0.25, 0.3) is 0 Å². The first-order valence-corrected chi connectivity index (χ1v) is 6.11. The first kappa shape index (κ1) is 14.5. The zero-order valence-corrected chi connectivity index (χ0v) is 10.4. The van der Waals surface area contributed by atoms with E-state index in [0.29, 0.717) is 5.75 Å². The molecule has 0 aromatic carbocycles. The van der Waals surface area contributed by atoms with Crippen LogP contribution < -0.4 is 5.32 Å². The summed E-state index contributed by atoms with van der Waals surface area (Å²) in [5.41, 5.74) is 0. The van der Waals surface area contributed by atoms with E-state index in [2.05, 4.69) is 25.4 Å². The van der Waals surface area contributed by atoms with Gasteiger partial charge >= 0.3 is 0 Å². The molecular formula is C12H21NOS. The monoisotopic (exact) mass is 227 g/mol. The molecule has 0 saturated carbocycles. The predicted molar refractivity (Wildman–Crippen MR) is 70.1 cm³/mol. The van der Waals surface area contributed by atoms with E-state index in [4.69, 9.17) is 0 Å². The van der Waals surface area contributed by atoms with Crippen molar-refractivity contribution in [3.8, 4) is 0 Å². The Bertz CT molecular complexity index is 222. The number of aliphatic hydroxyl groups excluding tert-OH is 1. The maximum atomic E-state index is 9.85. The normalized spacial score (nSPS) is 15.8. The highest BCUT2D eigenvalue weighted by molar-refractivity contribution is 8.03. The summed E-state index contributed by atoms with van der Waals surface area (Å²) in [7, 11) is 1.87. The Hall–Kier alpha value is -0.510. The van der Waals surface area contributed by atoms with Crippen molar-refractivity contribution in [1.29, 1.82) is 0 Å². The Morgan fingerprint density at radius 3 is 2.60 bits per heavy atom. The number of allylic oxidation sites excluding steroid dienone is 3. The summed E-state index contributed by atoms with van der Waals surface area (Å²) in [5.74, 6) is 0.672. The molecule has 0 radical (unpaired) electrons. The fourth-order valence-corrected chi connectivity index (χ4v) is 2.16. The number of likely N-dealkylation sites (N-methyl/N-ethyl adjacent to an activating group) is 1. The summed E-state index contributed by atoms with van der Waals surface area (Å²) in [6.45, 7) is 9.40. The second-order valence-corrected chi connectivity index (χ2v) is 4.28. The summed E-state index contributed by atoms with van der Waals surface area (Å²) in [5, 5.41) is 12.9. The summed E-state index contributed by atoms with van der Waals surface area (Å²) in [4.78, 5) is 1.04. The third-order valence-corrected chi connectivity index (χ3v) is 3.32. The van der Waals surface area contributed by atoms with Crippen molar-refractivity contribution in [1.82, 2.24) is 5.32 Å². The van der Waals surface area contributed by atoms with Crippen LogP contribution in [0.5, 0.6) is 0 Å². The summed E-state index contributed by atoms with van der Waals surface area (Å²) >= 11 is 1.60. The molecule has 0 saturated heterocycles. The molecule has 0 spiro atoms. The molecule has 0 aliphatic carbocycles. The average Bonchev–Trinajstić information content (AvgIpc) is 2.25. The van der Waals surface area contributed by atoms with Crippen molar-refractivity contribution in [3.05, 3.63) is 36.3 Å². The van der Waals surface area contributed by atoms with E-state index in [1.807, 2.05) is 13.1 Å². The van der Waals surface area contributed by atoms with Crippen molar-refractivity contribution < 1.29 is 5.11 Å². The van der Waals surface area contributed by atoms with Crippen LogP contribution in [0.4, 0.5) is 0 Å². The van der Waals surface area contributed by atoms with E-state index < -0.39 is 0 Å². The first-order valence-electron chi connectivity index (χ1n) is 5.12. The van der Waals surface area contributed by atoms with Gasteiger partial charge in [0.1, 0.15) is 0 Å². The van der Waals surface area contributed by atoms with Crippen LogP contribution in [0.3, 0.4) is 0 Å². The number of hydrogen-bond acceptors (Lipinski definition) is 3. The van der Waals surface area contributed by atoms with E-state index in [1.54, 1.807) is 23.9 Å². The molecule has 2 nitrogen and oxygen atoms in total. The predicted octanol–water partition coefficient (Wildman–Crippen LogP) is 2.33. The van der Waals surface area contributed by atoms with Crippen LogP contribution in [-0.4, -0.2) is 30.1 Å². The lowest BCUT2D eigenvalue weighted by molar-refractivity contribution is 0.151. The van der Waals surface area contributed by atoms with Crippen molar-refractivity contribution in [3.63, 3.8) is 0 Å². The highest BCUT2D eigenvalue weighted by Crippen LogP contribution is 2.19. The minimum atomic E-state index is -0.335. The third kappa shape index (κ3) is 5.82. The molecule has 2 N–H and O–H groups in total. The van der Waals surface area contributed by atoms with Crippen LogP contribution in [0.15, 0.2) is 36.3 Å². The second kappa shape index (κ2) is 8.77. The minimum Gasteiger partial charge on any atom is -0.391 e. The number of nitrogens with one attached hydrogen (secondary N) is 1. The molecular weight excluding hydrogens is 206 g/mol. The quantitative estimate of drug-likeness (QED) is 0.624. The largest absolute Gasteiger partial charge is 0.391 e. The van der Waals surface area contributed by atoms with E-state index in [1.165, 1.54) is 0 Å². The molecule has 0 aromatic rings. The molecule has 3 heteroatoms. The molecule has 0 fully saturated rings. The molecule has 0 aliphatic heterocycles. The van der Waals surface area contributed by atoms with Gasteiger partial charge in [-0.15, -0.1) is 11.8 Å².